The number of anilines is 1. The maximum absolute atomic E-state index is 12.2. The predicted octanol–water partition coefficient (Wildman–Crippen LogP) is 1.37. The summed E-state index contributed by atoms with van der Waals surface area (Å²) in [7, 11) is 1.55. The van der Waals surface area contributed by atoms with Crippen LogP contribution in [-0.2, 0) is 11.2 Å². The molecule has 8 heteroatoms. The number of carbonyl (C=O) groups excluding carboxylic acids is 2. The van der Waals surface area contributed by atoms with E-state index in [4.69, 9.17) is 4.52 Å². The van der Waals surface area contributed by atoms with E-state index < -0.39 is 0 Å². The summed E-state index contributed by atoms with van der Waals surface area (Å²) in [6.07, 6.45) is 1.79. The molecule has 0 spiro atoms. The lowest BCUT2D eigenvalue weighted by molar-refractivity contribution is -0.116. The van der Waals surface area contributed by atoms with Gasteiger partial charge in [-0.1, -0.05) is 18.5 Å². The topological polar surface area (TPSA) is 104 Å². The lowest BCUT2D eigenvalue weighted by Crippen LogP contribution is -2.35. The first-order chi connectivity index (χ1) is 10.5. The van der Waals surface area contributed by atoms with Gasteiger partial charge in [-0.15, -0.1) is 0 Å². The summed E-state index contributed by atoms with van der Waals surface area (Å²) in [5.74, 6) is 0.256. The molecule has 0 bridgehead atoms. The monoisotopic (exact) mass is 305 g/mol. The minimum Gasteiger partial charge on any atom is -0.360 e. The van der Waals surface area contributed by atoms with E-state index in [0.717, 1.165) is 18.5 Å². The Labute approximate surface area is 127 Å². The summed E-state index contributed by atoms with van der Waals surface area (Å²) in [4.78, 5) is 25.3. The van der Waals surface area contributed by atoms with Crippen molar-refractivity contribution < 1.29 is 14.1 Å². The van der Waals surface area contributed by atoms with Gasteiger partial charge in [-0.05, 0) is 19.4 Å². The van der Waals surface area contributed by atoms with Gasteiger partial charge in [0.15, 0.2) is 5.82 Å². The molecule has 2 amide bonds. The number of rotatable bonds is 6. The number of aryl methyl sites for hydroxylation is 2. The van der Waals surface area contributed by atoms with E-state index in [1.165, 1.54) is 4.90 Å². The number of aromatic amines is 1. The molecule has 2 aromatic rings. The molecule has 0 saturated carbocycles. The molecule has 2 heterocycles. The zero-order valence-electron chi connectivity index (χ0n) is 12.8. The lowest BCUT2D eigenvalue weighted by Gasteiger charge is -2.14. The molecule has 2 aromatic heterocycles. The van der Waals surface area contributed by atoms with Crippen LogP contribution in [0.15, 0.2) is 16.7 Å². The standard InChI is InChI=1S/C14H19N5O3/c1-4-5-10-7-11(17-16-10)14(21)19(3)8-13(20)15-12-6-9(2)22-18-12/h6-7H,4-5,8H2,1-3H3,(H,16,17)(H,15,18,20). The molecule has 0 aliphatic heterocycles. The van der Waals surface area contributed by atoms with Crippen LogP contribution >= 0.6 is 0 Å². The van der Waals surface area contributed by atoms with E-state index >= 15 is 0 Å². The van der Waals surface area contributed by atoms with Gasteiger partial charge < -0.3 is 14.7 Å². The van der Waals surface area contributed by atoms with E-state index in [-0.39, 0.29) is 18.4 Å². The number of nitrogens with zero attached hydrogens (tertiary/aromatic N) is 3. The Bertz CT molecular complexity index is 661. The largest absolute Gasteiger partial charge is 0.360 e. The van der Waals surface area contributed by atoms with Crippen molar-refractivity contribution in [1.29, 1.82) is 0 Å². The highest BCUT2D eigenvalue weighted by Gasteiger charge is 2.18. The van der Waals surface area contributed by atoms with Crippen LogP contribution in [0.25, 0.3) is 0 Å². The van der Waals surface area contributed by atoms with Crippen molar-refractivity contribution in [3.05, 3.63) is 29.3 Å². The van der Waals surface area contributed by atoms with Gasteiger partial charge in [0, 0.05) is 18.8 Å². The van der Waals surface area contributed by atoms with E-state index in [0.29, 0.717) is 17.3 Å². The van der Waals surface area contributed by atoms with Crippen LogP contribution in [0, 0.1) is 6.92 Å². The minimum absolute atomic E-state index is 0.0965. The zero-order valence-corrected chi connectivity index (χ0v) is 12.8. The Balaban J connectivity index is 1.91. The SMILES string of the molecule is CCCc1cc(C(=O)N(C)CC(=O)Nc2cc(C)on2)n[nH]1. The lowest BCUT2D eigenvalue weighted by atomic mass is 10.2. The Morgan fingerprint density at radius 3 is 2.82 bits per heavy atom. The fourth-order valence-corrected chi connectivity index (χ4v) is 1.96. The summed E-state index contributed by atoms with van der Waals surface area (Å²) >= 11 is 0. The van der Waals surface area contributed by atoms with Crippen molar-refractivity contribution in [1.82, 2.24) is 20.3 Å². The number of hydrogen-bond donors (Lipinski definition) is 2. The van der Waals surface area contributed by atoms with E-state index in [2.05, 4.69) is 20.7 Å². The Hall–Kier alpha value is -2.64. The van der Waals surface area contributed by atoms with Crippen molar-refractivity contribution in [3.8, 4) is 0 Å². The van der Waals surface area contributed by atoms with Gasteiger partial charge in [-0.2, -0.15) is 5.10 Å². The first-order valence-corrected chi connectivity index (χ1v) is 7.02. The van der Waals surface area contributed by atoms with Gasteiger partial charge in [0.05, 0.1) is 6.54 Å². The van der Waals surface area contributed by atoms with Gasteiger partial charge >= 0.3 is 0 Å². The normalized spacial score (nSPS) is 10.5. The van der Waals surface area contributed by atoms with Crippen LogP contribution in [0.1, 0.15) is 35.3 Å². The number of hydrogen-bond acceptors (Lipinski definition) is 5. The molecule has 2 rings (SSSR count). The summed E-state index contributed by atoms with van der Waals surface area (Å²) in [5, 5.41) is 13.0. The van der Waals surface area contributed by atoms with Crippen molar-refractivity contribution in [2.75, 3.05) is 18.9 Å². The fraction of sp³-hybridized carbons (Fsp3) is 0.429. The molecular formula is C14H19N5O3. The van der Waals surface area contributed by atoms with Crippen LogP contribution in [0.5, 0.6) is 0 Å². The second-order valence-corrected chi connectivity index (χ2v) is 5.06. The van der Waals surface area contributed by atoms with Crippen molar-refractivity contribution >= 4 is 17.6 Å². The number of H-pyrrole nitrogens is 1. The van der Waals surface area contributed by atoms with Gasteiger partial charge in [-0.3, -0.25) is 14.7 Å². The second kappa shape index (κ2) is 6.88. The van der Waals surface area contributed by atoms with Crippen LogP contribution < -0.4 is 5.32 Å². The highest BCUT2D eigenvalue weighted by atomic mass is 16.5. The van der Waals surface area contributed by atoms with E-state index in [1.54, 1.807) is 26.1 Å². The quantitative estimate of drug-likeness (QED) is 0.838. The molecular weight excluding hydrogens is 286 g/mol. The zero-order chi connectivity index (χ0) is 16.1. The molecule has 22 heavy (non-hydrogen) atoms. The van der Waals surface area contributed by atoms with Gasteiger partial charge in [-0.25, -0.2) is 0 Å². The van der Waals surface area contributed by atoms with Crippen molar-refractivity contribution in [2.45, 2.75) is 26.7 Å². The molecule has 118 valence electrons. The second-order valence-electron chi connectivity index (χ2n) is 5.06. The first kappa shape index (κ1) is 15.7. The summed E-state index contributed by atoms with van der Waals surface area (Å²) in [6, 6.07) is 3.31. The van der Waals surface area contributed by atoms with Gasteiger partial charge in [0.2, 0.25) is 5.91 Å². The molecule has 0 saturated heterocycles. The maximum atomic E-state index is 12.2. The summed E-state index contributed by atoms with van der Waals surface area (Å²) < 4.78 is 4.85. The molecule has 0 fully saturated rings. The average molecular weight is 305 g/mol. The fourth-order valence-electron chi connectivity index (χ4n) is 1.96. The maximum Gasteiger partial charge on any atom is 0.274 e. The molecule has 0 radical (unpaired) electrons. The van der Waals surface area contributed by atoms with Crippen molar-refractivity contribution in [2.24, 2.45) is 0 Å². The molecule has 8 nitrogen and oxygen atoms in total. The Morgan fingerprint density at radius 1 is 1.41 bits per heavy atom. The molecule has 0 aromatic carbocycles. The average Bonchev–Trinajstić information content (AvgIpc) is 3.07. The van der Waals surface area contributed by atoms with Crippen LogP contribution in [0.2, 0.25) is 0 Å². The smallest absolute Gasteiger partial charge is 0.274 e. The Morgan fingerprint density at radius 2 is 2.18 bits per heavy atom. The van der Waals surface area contributed by atoms with Crippen LogP contribution in [0.4, 0.5) is 5.82 Å². The summed E-state index contributed by atoms with van der Waals surface area (Å²) in [6.45, 7) is 3.68. The van der Waals surface area contributed by atoms with Gasteiger partial charge in [0.1, 0.15) is 11.5 Å². The Kier molecular flexibility index (Phi) is 4.92. The van der Waals surface area contributed by atoms with Gasteiger partial charge in [0.25, 0.3) is 5.91 Å². The molecule has 0 unspecified atom stereocenters. The molecule has 0 aliphatic rings. The molecule has 2 N–H and O–H groups in total. The molecule has 0 atom stereocenters. The third-order valence-corrected chi connectivity index (χ3v) is 2.99. The van der Waals surface area contributed by atoms with Crippen molar-refractivity contribution in [3.63, 3.8) is 0 Å². The van der Waals surface area contributed by atoms with E-state index in [9.17, 15) is 9.59 Å². The predicted molar refractivity (Wildman–Crippen MR) is 79.4 cm³/mol. The third kappa shape index (κ3) is 3.94. The highest BCUT2D eigenvalue weighted by molar-refractivity contribution is 5.97. The highest BCUT2D eigenvalue weighted by Crippen LogP contribution is 2.08. The minimum atomic E-state index is -0.353. The molecule has 0 aliphatic carbocycles. The summed E-state index contributed by atoms with van der Waals surface area (Å²) in [5.41, 5.74) is 1.21. The number of amides is 2. The number of nitrogens with one attached hydrogen (secondary N) is 2. The number of aromatic nitrogens is 3. The third-order valence-electron chi connectivity index (χ3n) is 2.99. The van der Waals surface area contributed by atoms with Crippen LogP contribution in [0.3, 0.4) is 0 Å². The van der Waals surface area contributed by atoms with Crippen LogP contribution in [-0.4, -0.2) is 45.7 Å². The number of carbonyl (C=O) groups is 2. The van der Waals surface area contributed by atoms with E-state index in [1.807, 2.05) is 6.92 Å². The number of likely N-dealkylation sites (N-methyl/N-ethyl adjacent to an activating group) is 1. The first-order valence-electron chi connectivity index (χ1n) is 7.02.